The molecular weight excluding hydrogens is 98.1 g/mol. The maximum atomic E-state index is 5.57. The summed E-state index contributed by atoms with van der Waals surface area (Å²) in [5, 5.41) is 0. The van der Waals surface area contributed by atoms with Gasteiger partial charge in [-0.15, -0.1) is 0 Å². The monoisotopic (exact) mass is 111 g/mol. The van der Waals surface area contributed by atoms with Crippen molar-refractivity contribution < 1.29 is 0 Å². The molecule has 1 aliphatic carbocycles. The minimum absolute atomic E-state index is 0.379. The van der Waals surface area contributed by atoms with Crippen LogP contribution < -0.4 is 5.73 Å². The van der Waals surface area contributed by atoms with Gasteiger partial charge in [0.2, 0.25) is 0 Å². The van der Waals surface area contributed by atoms with E-state index >= 15 is 0 Å². The van der Waals surface area contributed by atoms with Crippen LogP contribution in [0.1, 0.15) is 26.7 Å². The first-order chi connectivity index (χ1) is 3.60. The normalized spacial score (nSPS) is 25.5. The summed E-state index contributed by atoms with van der Waals surface area (Å²) in [6, 6.07) is 0. The standard InChI is InChI=1S/C7H13N/c1-7(2)4-3-6(8)5-7/h5H,3-4,8H2,1-2H3. The fourth-order valence-electron chi connectivity index (χ4n) is 1.11. The smallest absolute Gasteiger partial charge is 0.00457 e. The van der Waals surface area contributed by atoms with Crippen LogP contribution in [0.15, 0.2) is 11.8 Å². The molecule has 0 fully saturated rings. The van der Waals surface area contributed by atoms with Crippen LogP contribution in [0.4, 0.5) is 0 Å². The highest BCUT2D eigenvalue weighted by Crippen LogP contribution is 2.32. The van der Waals surface area contributed by atoms with Crippen molar-refractivity contribution in [1.82, 2.24) is 0 Å². The zero-order chi connectivity index (χ0) is 6.20. The summed E-state index contributed by atoms with van der Waals surface area (Å²) in [4.78, 5) is 0. The van der Waals surface area contributed by atoms with Gasteiger partial charge < -0.3 is 5.73 Å². The molecule has 0 saturated carbocycles. The summed E-state index contributed by atoms with van der Waals surface area (Å²) in [6.45, 7) is 4.43. The maximum Gasteiger partial charge on any atom is 0.00457 e. The zero-order valence-electron chi connectivity index (χ0n) is 5.57. The highest BCUT2D eigenvalue weighted by atomic mass is 14.6. The maximum absolute atomic E-state index is 5.57. The summed E-state index contributed by atoms with van der Waals surface area (Å²) < 4.78 is 0. The van der Waals surface area contributed by atoms with Crippen molar-refractivity contribution >= 4 is 0 Å². The quantitative estimate of drug-likeness (QED) is 0.505. The van der Waals surface area contributed by atoms with Crippen LogP contribution in [0.25, 0.3) is 0 Å². The number of rotatable bonds is 0. The van der Waals surface area contributed by atoms with Crippen LogP contribution in [0.2, 0.25) is 0 Å². The van der Waals surface area contributed by atoms with Gasteiger partial charge in [0, 0.05) is 5.70 Å². The molecule has 0 unspecified atom stereocenters. The lowest BCUT2D eigenvalue weighted by Gasteiger charge is -2.11. The fraction of sp³-hybridized carbons (Fsp3) is 0.714. The van der Waals surface area contributed by atoms with E-state index in [4.69, 9.17) is 5.73 Å². The van der Waals surface area contributed by atoms with Gasteiger partial charge in [-0.3, -0.25) is 0 Å². The predicted octanol–water partition coefficient (Wildman–Crippen LogP) is 1.65. The van der Waals surface area contributed by atoms with Crippen molar-refractivity contribution in [2.45, 2.75) is 26.7 Å². The van der Waals surface area contributed by atoms with Crippen LogP contribution in [0.5, 0.6) is 0 Å². The van der Waals surface area contributed by atoms with E-state index in [0.717, 1.165) is 12.1 Å². The SMILES string of the molecule is CC1(C)C=C(N)CC1. The summed E-state index contributed by atoms with van der Waals surface area (Å²) in [5.41, 5.74) is 7.02. The van der Waals surface area contributed by atoms with Gasteiger partial charge in [0.25, 0.3) is 0 Å². The minimum atomic E-state index is 0.379. The molecule has 0 bridgehead atoms. The Kier molecular flexibility index (Phi) is 1.07. The van der Waals surface area contributed by atoms with Crippen molar-refractivity contribution in [2.75, 3.05) is 0 Å². The molecule has 0 aromatic heterocycles. The lowest BCUT2D eigenvalue weighted by molar-refractivity contribution is 0.470. The van der Waals surface area contributed by atoms with E-state index in [1.807, 2.05) is 0 Å². The molecule has 0 aromatic rings. The van der Waals surface area contributed by atoms with E-state index in [9.17, 15) is 0 Å². The van der Waals surface area contributed by atoms with Crippen molar-refractivity contribution in [1.29, 1.82) is 0 Å². The van der Waals surface area contributed by atoms with Gasteiger partial charge in [0.15, 0.2) is 0 Å². The van der Waals surface area contributed by atoms with Crippen LogP contribution in [0, 0.1) is 5.41 Å². The van der Waals surface area contributed by atoms with E-state index in [1.54, 1.807) is 0 Å². The third-order valence-corrected chi connectivity index (χ3v) is 1.63. The summed E-state index contributed by atoms with van der Waals surface area (Å²) in [6.07, 6.45) is 4.47. The molecule has 0 amide bonds. The Bertz CT molecular complexity index is 122. The van der Waals surface area contributed by atoms with Gasteiger partial charge in [-0.25, -0.2) is 0 Å². The van der Waals surface area contributed by atoms with Gasteiger partial charge >= 0.3 is 0 Å². The van der Waals surface area contributed by atoms with E-state index in [2.05, 4.69) is 19.9 Å². The Balaban J connectivity index is 2.67. The minimum Gasteiger partial charge on any atom is -0.402 e. The molecule has 0 spiro atoms. The van der Waals surface area contributed by atoms with Crippen molar-refractivity contribution in [2.24, 2.45) is 11.1 Å². The average Bonchev–Trinajstić information content (AvgIpc) is 1.82. The number of hydrogen-bond donors (Lipinski definition) is 1. The second-order valence-electron chi connectivity index (χ2n) is 3.21. The van der Waals surface area contributed by atoms with E-state index in [-0.39, 0.29) is 0 Å². The molecule has 1 heteroatoms. The first-order valence-corrected chi connectivity index (χ1v) is 3.07. The van der Waals surface area contributed by atoms with Crippen LogP contribution >= 0.6 is 0 Å². The molecule has 1 nitrogen and oxygen atoms in total. The summed E-state index contributed by atoms with van der Waals surface area (Å²) in [5.74, 6) is 0. The van der Waals surface area contributed by atoms with Gasteiger partial charge in [-0.2, -0.15) is 0 Å². The van der Waals surface area contributed by atoms with Crippen molar-refractivity contribution in [3.8, 4) is 0 Å². The lowest BCUT2D eigenvalue weighted by Crippen LogP contribution is -2.00. The number of hydrogen-bond acceptors (Lipinski definition) is 1. The third-order valence-electron chi connectivity index (χ3n) is 1.63. The molecule has 0 aliphatic heterocycles. The molecule has 1 rings (SSSR count). The topological polar surface area (TPSA) is 26.0 Å². The molecule has 0 heterocycles. The highest BCUT2D eigenvalue weighted by molar-refractivity contribution is 5.10. The largest absolute Gasteiger partial charge is 0.402 e. The van der Waals surface area contributed by atoms with E-state index in [0.29, 0.717) is 5.41 Å². The van der Waals surface area contributed by atoms with Gasteiger partial charge in [-0.05, 0) is 18.3 Å². The van der Waals surface area contributed by atoms with E-state index < -0.39 is 0 Å². The second kappa shape index (κ2) is 1.51. The fourth-order valence-corrected chi connectivity index (χ4v) is 1.11. The van der Waals surface area contributed by atoms with E-state index in [1.165, 1.54) is 6.42 Å². The molecule has 2 N–H and O–H groups in total. The summed E-state index contributed by atoms with van der Waals surface area (Å²) in [7, 11) is 0. The molecule has 1 aliphatic rings. The molecule has 0 aromatic carbocycles. The Morgan fingerprint density at radius 2 is 2.25 bits per heavy atom. The van der Waals surface area contributed by atoms with Gasteiger partial charge in [-0.1, -0.05) is 19.9 Å². The molecule has 0 saturated heterocycles. The Morgan fingerprint density at radius 3 is 2.38 bits per heavy atom. The van der Waals surface area contributed by atoms with Gasteiger partial charge in [0.1, 0.15) is 0 Å². The van der Waals surface area contributed by atoms with Crippen LogP contribution in [-0.4, -0.2) is 0 Å². The number of allylic oxidation sites excluding steroid dienone is 2. The van der Waals surface area contributed by atoms with Crippen LogP contribution in [0.3, 0.4) is 0 Å². The van der Waals surface area contributed by atoms with Crippen molar-refractivity contribution in [3.05, 3.63) is 11.8 Å². The first-order valence-electron chi connectivity index (χ1n) is 3.07. The first kappa shape index (κ1) is 5.67. The number of nitrogens with two attached hydrogens (primary N) is 1. The molecular formula is C7H13N. The third kappa shape index (κ3) is 1.03. The molecule has 8 heavy (non-hydrogen) atoms. The molecule has 46 valence electrons. The lowest BCUT2D eigenvalue weighted by atomic mass is 9.94. The Hall–Kier alpha value is -0.460. The average molecular weight is 111 g/mol. The predicted molar refractivity (Wildman–Crippen MR) is 35.3 cm³/mol. The molecule has 0 radical (unpaired) electrons. The Morgan fingerprint density at radius 1 is 1.62 bits per heavy atom. The molecule has 0 atom stereocenters. The Labute approximate surface area is 50.6 Å². The second-order valence-corrected chi connectivity index (χ2v) is 3.21. The van der Waals surface area contributed by atoms with Gasteiger partial charge in [0.05, 0.1) is 0 Å². The zero-order valence-corrected chi connectivity index (χ0v) is 5.57. The summed E-state index contributed by atoms with van der Waals surface area (Å²) >= 11 is 0. The highest BCUT2D eigenvalue weighted by Gasteiger charge is 2.20. The van der Waals surface area contributed by atoms with Crippen molar-refractivity contribution in [3.63, 3.8) is 0 Å². The van der Waals surface area contributed by atoms with Crippen LogP contribution in [-0.2, 0) is 0 Å².